The molecule has 3 rings (SSSR count). The van der Waals surface area contributed by atoms with E-state index in [0.29, 0.717) is 34.6 Å². The van der Waals surface area contributed by atoms with Gasteiger partial charge in [-0.25, -0.2) is 0 Å². The number of halogens is 3. The van der Waals surface area contributed by atoms with E-state index in [4.69, 9.17) is 22.1 Å². The third-order valence-corrected chi connectivity index (χ3v) is 4.49. The number of aromatic nitrogens is 2. The molecule has 3 aromatic rings. The third-order valence-electron chi connectivity index (χ3n) is 4.41. The third kappa shape index (κ3) is 6.80. The van der Waals surface area contributed by atoms with E-state index >= 15 is 0 Å². The molecular weight excluding hydrogens is 468 g/mol. The Morgan fingerprint density at radius 1 is 1.24 bits per heavy atom. The van der Waals surface area contributed by atoms with Crippen LogP contribution < -0.4 is 15.4 Å². The van der Waals surface area contributed by atoms with Gasteiger partial charge in [-0.15, -0.1) is 8.78 Å². The Morgan fingerprint density at radius 2 is 2.00 bits per heavy atom. The smallest absolute Gasteiger partial charge is 0.420 e. The minimum Gasteiger partial charge on any atom is -0.420 e. The van der Waals surface area contributed by atoms with Crippen molar-refractivity contribution < 1.29 is 23.4 Å². The molecule has 4 N–H and O–H groups in total. The first-order valence-electron chi connectivity index (χ1n) is 9.93. The van der Waals surface area contributed by atoms with Crippen molar-refractivity contribution in [2.75, 3.05) is 18.5 Å². The lowest BCUT2D eigenvalue weighted by molar-refractivity contribution is -0.0964. The van der Waals surface area contributed by atoms with Crippen LogP contribution in [0.3, 0.4) is 0 Å². The zero-order valence-electron chi connectivity index (χ0n) is 17.6. The number of benzene rings is 1. The first kappa shape index (κ1) is 24.7. The molecule has 2 heterocycles. The van der Waals surface area contributed by atoms with Crippen molar-refractivity contribution >= 4 is 35.0 Å². The molecule has 176 valence electrons. The van der Waals surface area contributed by atoms with E-state index in [9.17, 15) is 13.6 Å². The number of nitrogens with one attached hydrogen (secondary N) is 3. The maximum Gasteiger partial charge on any atom is 0.487 e. The van der Waals surface area contributed by atoms with Crippen molar-refractivity contribution in [2.24, 2.45) is 0 Å². The molecule has 0 radical (unpaired) electrons. The molecule has 11 heteroatoms. The molecule has 0 bridgehead atoms. The van der Waals surface area contributed by atoms with Gasteiger partial charge >= 0.3 is 5.57 Å². The van der Waals surface area contributed by atoms with Gasteiger partial charge in [0.05, 0.1) is 17.9 Å². The van der Waals surface area contributed by atoms with Crippen LogP contribution in [0.5, 0.6) is 5.75 Å². The number of amides is 1. The highest BCUT2D eigenvalue weighted by Crippen LogP contribution is 2.28. The number of pyridine rings is 2. The second-order valence-corrected chi connectivity index (χ2v) is 7.25. The van der Waals surface area contributed by atoms with Crippen LogP contribution in [-0.2, 0) is 0 Å². The lowest BCUT2D eigenvalue weighted by Gasteiger charge is -2.13. The Morgan fingerprint density at radius 3 is 2.62 bits per heavy atom. The van der Waals surface area contributed by atoms with Crippen LogP contribution in [0.2, 0.25) is 0 Å². The summed E-state index contributed by atoms with van der Waals surface area (Å²) in [5, 5.41) is 22.3. The fraction of sp³-hybridized carbons (Fsp3) is 0.130. The quantitative estimate of drug-likeness (QED) is 0.194. The molecule has 0 aliphatic carbocycles. The van der Waals surface area contributed by atoms with Crippen molar-refractivity contribution in [3.05, 3.63) is 78.5 Å². The van der Waals surface area contributed by atoms with Crippen LogP contribution in [0, 0.1) is 5.41 Å². The van der Waals surface area contributed by atoms with Gasteiger partial charge in [-0.2, -0.15) is 0 Å². The van der Waals surface area contributed by atoms with E-state index in [0.717, 1.165) is 6.21 Å². The first-order chi connectivity index (χ1) is 16.3. The largest absolute Gasteiger partial charge is 0.487 e. The standard InChI is InChI=1S/C23H20ClF2N5O3/c24-23(25,26)34-19-5-3-18(4-6-19)31-22(33)16-10-20(15-2-1-7-28-12-15)21(30-14-16)17(11-27)13-29-8-9-32/h1-7,10-14,27,29,32H,8-9H2,(H,31,33)/b17-13+,27-11?. The van der Waals surface area contributed by atoms with Gasteiger partial charge in [0.1, 0.15) is 5.75 Å². The molecular formula is C23H20ClF2N5O3. The highest BCUT2D eigenvalue weighted by molar-refractivity contribution is 6.20. The van der Waals surface area contributed by atoms with Crippen LogP contribution in [0.15, 0.2) is 67.3 Å². The molecule has 0 spiro atoms. The Balaban J connectivity index is 1.89. The van der Waals surface area contributed by atoms with Crippen molar-refractivity contribution in [3.63, 3.8) is 0 Å². The van der Waals surface area contributed by atoms with Gasteiger partial charge in [0.2, 0.25) is 0 Å². The van der Waals surface area contributed by atoms with Gasteiger partial charge in [0.15, 0.2) is 0 Å². The molecule has 0 atom stereocenters. The summed E-state index contributed by atoms with van der Waals surface area (Å²) in [5.74, 6) is -0.650. The number of alkyl halides is 3. The first-order valence-corrected chi connectivity index (χ1v) is 10.3. The average molecular weight is 488 g/mol. The molecule has 0 aliphatic heterocycles. The van der Waals surface area contributed by atoms with Crippen molar-refractivity contribution in [1.29, 1.82) is 5.41 Å². The van der Waals surface area contributed by atoms with E-state index in [1.54, 1.807) is 36.8 Å². The fourth-order valence-corrected chi connectivity index (χ4v) is 3.02. The number of anilines is 1. The Hall–Kier alpha value is -3.89. The van der Waals surface area contributed by atoms with E-state index in [-0.39, 0.29) is 17.9 Å². The topological polar surface area (TPSA) is 120 Å². The lowest BCUT2D eigenvalue weighted by atomic mass is 9.99. The summed E-state index contributed by atoms with van der Waals surface area (Å²) in [4.78, 5) is 21.3. The minimum absolute atomic E-state index is 0.0782. The second-order valence-electron chi connectivity index (χ2n) is 6.81. The molecule has 2 aromatic heterocycles. The molecule has 1 aromatic carbocycles. The number of ether oxygens (including phenoxy) is 1. The number of aliphatic hydroxyl groups excluding tert-OH is 1. The van der Waals surface area contributed by atoms with Crippen LogP contribution in [-0.4, -0.2) is 45.9 Å². The van der Waals surface area contributed by atoms with E-state index in [1.165, 1.54) is 30.5 Å². The monoisotopic (exact) mass is 487 g/mol. The van der Waals surface area contributed by atoms with Crippen molar-refractivity contribution in [1.82, 2.24) is 15.3 Å². The second kappa shape index (κ2) is 11.3. The summed E-state index contributed by atoms with van der Waals surface area (Å²) < 4.78 is 29.8. The predicted octanol–water partition coefficient (Wildman–Crippen LogP) is 4.14. The normalized spacial score (nSPS) is 11.6. The maximum atomic E-state index is 12.8. The van der Waals surface area contributed by atoms with Gasteiger partial charge in [-0.3, -0.25) is 14.8 Å². The van der Waals surface area contributed by atoms with E-state index in [2.05, 4.69) is 25.3 Å². The van der Waals surface area contributed by atoms with Gasteiger partial charge in [0, 0.05) is 71.5 Å². The number of carbonyl (C=O) groups excluding carboxylic acids is 1. The molecule has 34 heavy (non-hydrogen) atoms. The molecule has 0 unspecified atom stereocenters. The van der Waals surface area contributed by atoms with Gasteiger partial charge in [-0.05, 0) is 36.4 Å². The molecule has 8 nitrogen and oxygen atoms in total. The molecule has 0 aliphatic rings. The molecule has 0 fully saturated rings. The summed E-state index contributed by atoms with van der Waals surface area (Å²) in [6.45, 7) is 0.220. The SMILES string of the molecule is N=C/C(=C\NCCO)c1ncc(C(=O)Nc2ccc(OC(F)(F)Cl)cc2)cc1-c1cccnc1. The summed E-state index contributed by atoms with van der Waals surface area (Å²) >= 11 is 4.75. The van der Waals surface area contributed by atoms with Crippen LogP contribution >= 0.6 is 11.6 Å². The Labute approximate surface area is 198 Å². The highest BCUT2D eigenvalue weighted by Gasteiger charge is 2.27. The average Bonchev–Trinajstić information content (AvgIpc) is 2.82. The number of rotatable bonds is 10. The van der Waals surface area contributed by atoms with Gasteiger partial charge in [-0.1, -0.05) is 6.07 Å². The maximum absolute atomic E-state index is 12.8. The molecule has 0 saturated carbocycles. The van der Waals surface area contributed by atoms with Crippen LogP contribution in [0.25, 0.3) is 16.7 Å². The Bertz CT molecular complexity index is 1170. The van der Waals surface area contributed by atoms with Gasteiger partial charge < -0.3 is 25.9 Å². The summed E-state index contributed by atoms with van der Waals surface area (Å²) in [7, 11) is 0. The van der Waals surface area contributed by atoms with Gasteiger partial charge in [0.25, 0.3) is 5.91 Å². The number of aliphatic hydroxyl groups is 1. The van der Waals surface area contributed by atoms with E-state index < -0.39 is 11.5 Å². The van der Waals surface area contributed by atoms with E-state index in [1.807, 2.05) is 0 Å². The molecule has 0 saturated heterocycles. The number of carbonyl (C=O) groups is 1. The zero-order valence-corrected chi connectivity index (χ0v) is 18.4. The number of hydrogen-bond donors (Lipinski definition) is 4. The highest BCUT2D eigenvalue weighted by atomic mass is 35.5. The molecule has 1 amide bonds. The number of allylic oxidation sites excluding steroid dienone is 1. The minimum atomic E-state index is -3.84. The fourth-order valence-electron chi connectivity index (χ4n) is 2.93. The lowest BCUT2D eigenvalue weighted by Crippen LogP contribution is -2.16. The van der Waals surface area contributed by atoms with Crippen molar-refractivity contribution in [2.45, 2.75) is 5.57 Å². The summed E-state index contributed by atoms with van der Waals surface area (Å²) in [6, 6.07) is 10.4. The van der Waals surface area contributed by atoms with Crippen LogP contribution in [0.4, 0.5) is 14.5 Å². The number of hydrogen-bond acceptors (Lipinski definition) is 7. The van der Waals surface area contributed by atoms with Crippen LogP contribution in [0.1, 0.15) is 16.1 Å². The summed E-state index contributed by atoms with van der Waals surface area (Å²) in [6.07, 6.45) is 7.24. The number of nitrogens with zero attached hydrogens (tertiary/aromatic N) is 2. The van der Waals surface area contributed by atoms with Crippen molar-refractivity contribution in [3.8, 4) is 16.9 Å². The zero-order chi connectivity index (χ0) is 24.6. The Kier molecular flexibility index (Phi) is 8.23. The predicted molar refractivity (Wildman–Crippen MR) is 125 cm³/mol. The summed E-state index contributed by atoms with van der Waals surface area (Å²) in [5.41, 5.74) is -1.15.